The Bertz CT molecular complexity index is 713. The summed E-state index contributed by atoms with van der Waals surface area (Å²) in [6.07, 6.45) is -0.304. The van der Waals surface area contributed by atoms with Gasteiger partial charge >= 0.3 is 0 Å². The van der Waals surface area contributed by atoms with Gasteiger partial charge in [-0.3, -0.25) is 4.79 Å². The Morgan fingerprint density at radius 3 is 2.55 bits per heavy atom. The van der Waals surface area contributed by atoms with Crippen LogP contribution in [0, 0.1) is 17.8 Å². The molecule has 10 heteroatoms. The summed E-state index contributed by atoms with van der Waals surface area (Å²) >= 11 is 0. The van der Waals surface area contributed by atoms with E-state index in [-0.39, 0.29) is 42.9 Å². The molecule has 0 bridgehead atoms. The summed E-state index contributed by atoms with van der Waals surface area (Å²) in [6.45, 7) is 3.23. The Labute approximate surface area is 181 Å². The molecule has 0 aromatic carbocycles. The van der Waals surface area contributed by atoms with Crippen molar-refractivity contribution in [3.05, 3.63) is 35.2 Å². The van der Waals surface area contributed by atoms with Crippen LogP contribution in [0.1, 0.15) is 20.3 Å². The third kappa shape index (κ3) is 5.78. The second-order valence-electron chi connectivity index (χ2n) is 7.73. The van der Waals surface area contributed by atoms with E-state index in [1.54, 1.807) is 13.8 Å². The number of rotatable bonds is 9. The molecule has 31 heavy (non-hydrogen) atoms. The zero-order valence-corrected chi connectivity index (χ0v) is 18.2. The molecule has 0 saturated heterocycles. The minimum atomic E-state index is -1.40. The van der Waals surface area contributed by atoms with E-state index in [2.05, 4.69) is 0 Å². The minimum Gasteiger partial charge on any atom is -0.497 e. The van der Waals surface area contributed by atoms with Crippen LogP contribution in [0.25, 0.3) is 0 Å². The Morgan fingerprint density at radius 2 is 1.94 bits per heavy atom. The van der Waals surface area contributed by atoms with Crippen molar-refractivity contribution < 1.29 is 49.2 Å². The molecule has 1 heterocycles. The molecule has 176 valence electrons. The van der Waals surface area contributed by atoms with Gasteiger partial charge in [0.15, 0.2) is 5.76 Å². The molecule has 0 spiro atoms. The van der Waals surface area contributed by atoms with Crippen LogP contribution in [-0.4, -0.2) is 78.6 Å². The maximum Gasteiger partial charge on any atom is 0.207 e. The van der Waals surface area contributed by atoms with Crippen LogP contribution in [0.15, 0.2) is 35.2 Å². The Balaban J connectivity index is 1.93. The van der Waals surface area contributed by atoms with Crippen molar-refractivity contribution in [1.29, 1.82) is 0 Å². The number of aliphatic hydroxyl groups is 4. The number of hydrogen-bond donors (Lipinski definition) is 4. The van der Waals surface area contributed by atoms with Crippen molar-refractivity contribution in [3.8, 4) is 0 Å². The first kappa shape index (κ1) is 25.2. The highest BCUT2D eigenvalue weighted by atomic mass is 17.2. The van der Waals surface area contributed by atoms with Gasteiger partial charge < -0.3 is 39.5 Å². The molecule has 2 aliphatic rings. The van der Waals surface area contributed by atoms with Crippen molar-refractivity contribution in [2.75, 3.05) is 34.0 Å². The Morgan fingerprint density at radius 1 is 1.23 bits per heavy atom. The normalized spacial score (nSPS) is 32.2. The SMILES string of the molecule is COC1=C(OC)C(O)C(CC=C(C)COOC2=COCC(CO)C(O)C2O)C(C)C1=O. The number of ketones is 1. The number of methoxy groups -OCH3 is 2. The molecule has 10 nitrogen and oxygen atoms in total. The molecule has 0 aromatic heterocycles. The second-order valence-corrected chi connectivity index (χ2v) is 7.73. The standard InChI is InChI=1S/C21H32O10/c1-11(8-30-31-15-10-29-9-13(7-22)17(24)19(15)26)5-6-14-12(2)16(23)20(27-3)21(28-4)18(14)25/h5,10,12-14,17-19,22,24-26H,6-9H2,1-4H3. The zero-order chi connectivity index (χ0) is 23.1. The fourth-order valence-electron chi connectivity index (χ4n) is 3.54. The third-order valence-corrected chi connectivity index (χ3v) is 5.62. The van der Waals surface area contributed by atoms with E-state index in [9.17, 15) is 25.2 Å². The zero-order valence-electron chi connectivity index (χ0n) is 18.2. The molecule has 0 aromatic rings. The van der Waals surface area contributed by atoms with Crippen LogP contribution in [0.5, 0.6) is 0 Å². The smallest absolute Gasteiger partial charge is 0.207 e. The van der Waals surface area contributed by atoms with Crippen LogP contribution >= 0.6 is 0 Å². The van der Waals surface area contributed by atoms with Crippen LogP contribution < -0.4 is 0 Å². The number of carbonyl (C=O) groups is 1. The average molecular weight is 444 g/mol. The summed E-state index contributed by atoms with van der Waals surface area (Å²) in [5, 5.41) is 40.0. The Kier molecular flexibility index (Phi) is 9.32. The van der Waals surface area contributed by atoms with E-state index in [1.807, 2.05) is 6.08 Å². The van der Waals surface area contributed by atoms with Crippen molar-refractivity contribution in [2.45, 2.75) is 38.6 Å². The van der Waals surface area contributed by atoms with Gasteiger partial charge in [0.25, 0.3) is 0 Å². The maximum absolute atomic E-state index is 12.5. The lowest BCUT2D eigenvalue weighted by molar-refractivity contribution is -0.269. The van der Waals surface area contributed by atoms with Crippen LogP contribution in [0.4, 0.5) is 0 Å². The first-order valence-corrected chi connectivity index (χ1v) is 10.0. The second kappa shape index (κ2) is 11.5. The molecule has 1 aliphatic heterocycles. The van der Waals surface area contributed by atoms with Gasteiger partial charge in [-0.25, -0.2) is 0 Å². The summed E-state index contributed by atoms with van der Waals surface area (Å²) in [5.74, 6) is -1.69. The predicted molar refractivity (Wildman–Crippen MR) is 107 cm³/mol. The fourth-order valence-corrected chi connectivity index (χ4v) is 3.54. The molecule has 0 amide bonds. The van der Waals surface area contributed by atoms with Crippen molar-refractivity contribution >= 4 is 5.78 Å². The highest BCUT2D eigenvalue weighted by Crippen LogP contribution is 2.35. The lowest BCUT2D eigenvalue weighted by Crippen LogP contribution is -2.40. The van der Waals surface area contributed by atoms with Gasteiger partial charge in [0, 0.05) is 17.8 Å². The highest BCUT2D eigenvalue weighted by Gasteiger charge is 2.42. The van der Waals surface area contributed by atoms with Crippen molar-refractivity contribution in [1.82, 2.24) is 0 Å². The summed E-state index contributed by atoms with van der Waals surface area (Å²) in [6, 6.07) is 0. The summed E-state index contributed by atoms with van der Waals surface area (Å²) in [4.78, 5) is 22.7. The predicted octanol–water partition coefficient (Wildman–Crippen LogP) is 0.173. The van der Waals surface area contributed by atoms with Gasteiger partial charge in [0.1, 0.15) is 25.1 Å². The maximum atomic E-state index is 12.5. The molecule has 4 N–H and O–H groups in total. The monoisotopic (exact) mass is 444 g/mol. The number of aliphatic hydroxyl groups excluding tert-OH is 4. The van der Waals surface area contributed by atoms with E-state index < -0.39 is 36.1 Å². The molecule has 6 atom stereocenters. The fraction of sp³-hybridized carbons (Fsp3) is 0.667. The van der Waals surface area contributed by atoms with Gasteiger partial charge in [0.2, 0.25) is 17.3 Å². The van der Waals surface area contributed by atoms with Gasteiger partial charge in [-0.15, -0.1) is 0 Å². The van der Waals surface area contributed by atoms with Crippen molar-refractivity contribution in [3.63, 3.8) is 0 Å². The van der Waals surface area contributed by atoms with Crippen molar-refractivity contribution in [2.24, 2.45) is 17.8 Å². The largest absolute Gasteiger partial charge is 0.497 e. The molecule has 6 unspecified atom stereocenters. The van der Waals surface area contributed by atoms with Gasteiger partial charge in [0.05, 0.1) is 33.5 Å². The van der Waals surface area contributed by atoms with E-state index in [0.29, 0.717) is 6.42 Å². The van der Waals surface area contributed by atoms with Gasteiger partial charge in [-0.2, -0.15) is 4.89 Å². The van der Waals surface area contributed by atoms with E-state index in [1.165, 1.54) is 14.2 Å². The average Bonchev–Trinajstić information content (AvgIpc) is 2.89. The summed E-state index contributed by atoms with van der Waals surface area (Å²) in [7, 11) is 2.74. The number of Topliss-reactive ketones (excluding diaryl/α,β-unsaturated/α-hetero) is 1. The van der Waals surface area contributed by atoms with E-state index >= 15 is 0 Å². The van der Waals surface area contributed by atoms with Gasteiger partial charge in [-0.05, 0) is 18.9 Å². The summed E-state index contributed by atoms with van der Waals surface area (Å²) < 4.78 is 15.4. The van der Waals surface area contributed by atoms with Crippen LogP contribution in [-0.2, 0) is 28.8 Å². The minimum absolute atomic E-state index is 0.0316. The van der Waals surface area contributed by atoms with E-state index in [0.717, 1.165) is 11.8 Å². The number of hydrogen-bond acceptors (Lipinski definition) is 10. The van der Waals surface area contributed by atoms with E-state index in [4.69, 9.17) is 24.0 Å². The number of allylic oxidation sites excluding steroid dienone is 2. The first-order valence-electron chi connectivity index (χ1n) is 10.0. The lowest BCUT2D eigenvalue weighted by atomic mass is 9.77. The van der Waals surface area contributed by atoms with Crippen LogP contribution in [0.3, 0.4) is 0 Å². The summed E-state index contributed by atoms with van der Waals surface area (Å²) in [5.41, 5.74) is 0.755. The molecule has 1 aliphatic carbocycles. The quantitative estimate of drug-likeness (QED) is 0.221. The number of carbonyl (C=O) groups excluding carboxylic acids is 1. The first-order chi connectivity index (χ1) is 14.8. The van der Waals surface area contributed by atoms with Crippen LogP contribution in [0.2, 0.25) is 0 Å². The number of ether oxygens (including phenoxy) is 3. The molecule has 0 radical (unpaired) electrons. The third-order valence-electron chi connectivity index (χ3n) is 5.62. The molecule has 2 rings (SSSR count). The molecule has 0 fully saturated rings. The highest BCUT2D eigenvalue weighted by molar-refractivity contribution is 5.97. The van der Waals surface area contributed by atoms with Gasteiger partial charge in [-0.1, -0.05) is 13.0 Å². The Hall–Kier alpha value is -2.11. The molecular weight excluding hydrogens is 412 g/mol. The lowest BCUT2D eigenvalue weighted by Gasteiger charge is -2.33. The topological polar surface area (TPSA) is 144 Å². The molecule has 0 saturated carbocycles. The molecular formula is C21H32O10.